The van der Waals surface area contributed by atoms with Crippen LogP contribution in [-0.4, -0.2) is 19.9 Å². The molecule has 4 nitrogen and oxygen atoms in total. The van der Waals surface area contributed by atoms with Gasteiger partial charge in [-0.25, -0.2) is 19.9 Å². The lowest BCUT2D eigenvalue weighted by atomic mass is 10.2. The van der Waals surface area contributed by atoms with E-state index < -0.39 is 0 Å². The van der Waals surface area contributed by atoms with E-state index in [1.165, 1.54) is 0 Å². The number of halogens is 1. The minimum Gasteiger partial charge on any atom is -0.233 e. The fourth-order valence-corrected chi connectivity index (χ4v) is 1.89. The van der Waals surface area contributed by atoms with E-state index in [9.17, 15) is 0 Å². The first-order valence-corrected chi connectivity index (χ1v) is 5.83. The van der Waals surface area contributed by atoms with Crippen LogP contribution in [0, 0.1) is 6.92 Å². The third kappa shape index (κ3) is 1.91. The zero-order valence-corrected chi connectivity index (χ0v) is 10.4. The molecule has 0 spiro atoms. The molecule has 0 amide bonds. The number of hydrogen-bond donors (Lipinski definition) is 0. The molecule has 0 aliphatic rings. The van der Waals surface area contributed by atoms with Gasteiger partial charge in [-0.2, -0.15) is 0 Å². The van der Waals surface area contributed by atoms with Crippen molar-refractivity contribution in [2.45, 2.75) is 6.92 Å². The van der Waals surface area contributed by atoms with E-state index in [0.717, 1.165) is 22.2 Å². The molecule has 88 valence electrons. The fourth-order valence-electron chi connectivity index (χ4n) is 1.79. The van der Waals surface area contributed by atoms with E-state index in [2.05, 4.69) is 19.9 Å². The van der Waals surface area contributed by atoms with Gasteiger partial charge in [-0.05, 0) is 24.6 Å². The van der Waals surface area contributed by atoms with Gasteiger partial charge in [0.2, 0.25) is 5.28 Å². The van der Waals surface area contributed by atoms with Gasteiger partial charge < -0.3 is 0 Å². The maximum Gasteiger partial charge on any atom is 0.222 e. The molecule has 0 aliphatic heterocycles. The first kappa shape index (κ1) is 11.0. The van der Waals surface area contributed by atoms with E-state index >= 15 is 0 Å². The van der Waals surface area contributed by atoms with Crippen molar-refractivity contribution in [3.8, 4) is 11.4 Å². The predicted octanol–water partition coefficient (Wildman–Crippen LogP) is 3.05. The number of hydrogen-bond acceptors (Lipinski definition) is 4. The van der Waals surface area contributed by atoms with Crippen LogP contribution in [0.3, 0.4) is 0 Å². The Balaban J connectivity index is 2.21. The third-order valence-electron chi connectivity index (χ3n) is 2.67. The molecule has 0 atom stereocenters. The zero-order valence-electron chi connectivity index (χ0n) is 9.63. The van der Waals surface area contributed by atoms with Gasteiger partial charge in [0.05, 0.1) is 11.1 Å². The van der Waals surface area contributed by atoms with Gasteiger partial charge in [0, 0.05) is 23.5 Å². The topological polar surface area (TPSA) is 51.6 Å². The summed E-state index contributed by atoms with van der Waals surface area (Å²) in [7, 11) is 0. The summed E-state index contributed by atoms with van der Waals surface area (Å²) in [6, 6.07) is 7.90. The van der Waals surface area contributed by atoms with Crippen LogP contribution in [0.5, 0.6) is 0 Å². The molecule has 3 rings (SSSR count). The Kier molecular flexibility index (Phi) is 2.64. The van der Waals surface area contributed by atoms with E-state index in [0.29, 0.717) is 5.82 Å². The number of aromatic nitrogens is 4. The molecule has 0 aliphatic carbocycles. The summed E-state index contributed by atoms with van der Waals surface area (Å²) in [5.41, 5.74) is 2.61. The molecule has 18 heavy (non-hydrogen) atoms. The Labute approximate surface area is 109 Å². The number of benzene rings is 1. The number of fused-ring (bicyclic) bond motifs is 1. The molecular weight excluding hydrogens is 248 g/mol. The zero-order chi connectivity index (χ0) is 12.5. The van der Waals surface area contributed by atoms with Crippen LogP contribution in [0.15, 0.2) is 36.7 Å². The SMILES string of the molecule is Cc1nc(-c2cnc(Cl)nc2)nc2ccccc12. The Bertz CT molecular complexity index is 710. The van der Waals surface area contributed by atoms with Gasteiger partial charge in [0.15, 0.2) is 5.82 Å². The Morgan fingerprint density at radius 2 is 1.72 bits per heavy atom. The highest BCUT2D eigenvalue weighted by Crippen LogP contribution is 2.20. The average Bonchev–Trinajstić information content (AvgIpc) is 2.39. The summed E-state index contributed by atoms with van der Waals surface area (Å²) in [5.74, 6) is 0.614. The maximum absolute atomic E-state index is 5.66. The first-order valence-electron chi connectivity index (χ1n) is 5.45. The quantitative estimate of drug-likeness (QED) is 0.628. The minimum absolute atomic E-state index is 0.219. The van der Waals surface area contributed by atoms with Gasteiger partial charge in [-0.15, -0.1) is 0 Å². The molecule has 0 radical (unpaired) electrons. The molecule has 0 saturated heterocycles. The molecular formula is C13H9ClN4. The van der Waals surface area contributed by atoms with Crippen molar-refractivity contribution in [1.29, 1.82) is 0 Å². The second-order valence-corrected chi connectivity index (χ2v) is 4.23. The molecule has 2 heterocycles. The van der Waals surface area contributed by atoms with Gasteiger partial charge in [-0.3, -0.25) is 0 Å². The van der Waals surface area contributed by atoms with Crippen molar-refractivity contribution in [2.75, 3.05) is 0 Å². The second kappa shape index (κ2) is 4.31. The molecule has 0 unspecified atom stereocenters. The standard InChI is InChI=1S/C13H9ClN4/c1-8-10-4-2-3-5-11(10)18-12(17-8)9-6-15-13(14)16-7-9/h2-7H,1H3. The van der Waals surface area contributed by atoms with Crippen molar-refractivity contribution >= 4 is 22.5 Å². The van der Waals surface area contributed by atoms with Crippen LogP contribution >= 0.6 is 11.6 Å². The molecule has 5 heteroatoms. The highest BCUT2D eigenvalue weighted by atomic mass is 35.5. The smallest absolute Gasteiger partial charge is 0.222 e. The lowest BCUT2D eigenvalue weighted by Crippen LogP contribution is -1.95. The largest absolute Gasteiger partial charge is 0.233 e. The number of para-hydroxylation sites is 1. The van der Waals surface area contributed by atoms with Crippen LogP contribution in [0.25, 0.3) is 22.3 Å². The van der Waals surface area contributed by atoms with Gasteiger partial charge in [0.25, 0.3) is 0 Å². The van der Waals surface area contributed by atoms with E-state index in [4.69, 9.17) is 11.6 Å². The van der Waals surface area contributed by atoms with Crippen molar-refractivity contribution in [2.24, 2.45) is 0 Å². The minimum atomic E-state index is 0.219. The molecule has 0 N–H and O–H groups in total. The third-order valence-corrected chi connectivity index (χ3v) is 2.87. The van der Waals surface area contributed by atoms with E-state index in [1.807, 2.05) is 31.2 Å². The van der Waals surface area contributed by atoms with Crippen molar-refractivity contribution in [1.82, 2.24) is 19.9 Å². The van der Waals surface area contributed by atoms with E-state index in [1.54, 1.807) is 12.4 Å². The summed E-state index contributed by atoms with van der Waals surface area (Å²) in [5, 5.41) is 1.27. The summed E-state index contributed by atoms with van der Waals surface area (Å²) < 4.78 is 0. The van der Waals surface area contributed by atoms with Gasteiger partial charge >= 0.3 is 0 Å². The fraction of sp³-hybridized carbons (Fsp3) is 0.0769. The predicted molar refractivity (Wildman–Crippen MR) is 70.3 cm³/mol. The van der Waals surface area contributed by atoms with Crippen molar-refractivity contribution < 1.29 is 0 Å². The van der Waals surface area contributed by atoms with Crippen LogP contribution < -0.4 is 0 Å². The number of rotatable bonds is 1. The van der Waals surface area contributed by atoms with Crippen LogP contribution in [-0.2, 0) is 0 Å². The maximum atomic E-state index is 5.66. The molecule has 1 aromatic carbocycles. The number of aryl methyl sites for hydroxylation is 1. The summed E-state index contributed by atoms with van der Waals surface area (Å²) in [4.78, 5) is 16.8. The molecule has 0 fully saturated rings. The first-order chi connectivity index (χ1) is 8.74. The molecule has 0 saturated carbocycles. The van der Waals surface area contributed by atoms with Crippen LogP contribution in [0.4, 0.5) is 0 Å². The molecule has 3 aromatic rings. The van der Waals surface area contributed by atoms with Gasteiger partial charge in [0.1, 0.15) is 0 Å². The summed E-state index contributed by atoms with van der Waals surface area (Å²) in [6.45, 7) is 1.96. The van der Waals surface area contributed by atoms with Gasteiger partial charge in [-0.1, -0.05) is 18.2 Å². The lowest BCUT2D eigenvalue weighted by molar-refractivity contribution is 1.12. The molecule has 2 aromatic heterocycles. The Morgan fingerprint density at radius 1 is 1.00 bits per heavy atom. The average molecular weight is 257 g/mol. The van der Waals surface area contributed by atoms with Crippen molar-refractivity contribution in [3.05, 3.63) is 47.6 Å². The van der Waals surface area contributed by atoms with Crippen molar-refractivity contribution in [3.63, 3.8) is 0 Å². The van der Waals surface area contributed by atoms with E-state index in [-0.39, 0.29) is 5.28 Å². The monoisotopic (exact) mass is 256 g/mol. The number of nitrogens with zero attached hydrogens (tertiary/aromatic N) is 4. The second-order valence-electron chi connectivity index (χ2n) is 3.89. The highest BCUT2D eigenvalue weighted by molar-refractivity contribution is 6.28. The van der Waals surface area contributed by atoms with Crippen LogP contribution in [0.2, 0.25) is 5.28 Å². The Hall–Kier alpha value is -2.07. The molecule has 0 bridgehead atoms. The summed E-state index contributed by atoms with van der Waals surface area (Å²) >= 11 is 5.66. The normalized spacial score (nSPS) is 10.8. The summed E-state index contributed by atoms with van der Waals surface area (Å²) in [6.07, 6.45) is 3.25. The Morgan fingerprint density at radius 3 is 2.50 bits per heavy atom. The van der Waals surface area contributed by atoms with Crippen LogP contribution in [0.1, 0.15) is 5.69 Å². The lowest BCUT2D eigenvalue weighted by Gasteiger charge is -2.04. The highest BCUT2D eigenvalue weighted by Gasteiger charge is 2.07.